The van der Waals surface area contributed by atoms with Crippen LogP contribution in [0.25, 0.3) is 5.57 Å². The van der Waals surface area contributed by atoms with E-state index >= 15 is 0 Å². The number of halogens is 1. The van der Waals surface area contributed by atoms with Gasteiger partial charge >= 0.3 is 165 Å². The number of rotatable bonds is 9. The van der Waals surface area contributed by atoms with Crippen molar-refractivity contribution in [3.05, 3.63) is 113 Å². The van der Waals surface area contributed by atoms with Crippen LogP contribution in [0.5, 0.6) is 0 Å². The average molecular weight is 456 g/mol. The minimum absolute atomic E-state index is 0.0670. The van der Waals surface area contributed by atoms with Crippen molar-refractivity contribution in [2.45, 2.75) is 6.42 Å². The number of benzene rings is 2. The van der Waals surface area contributed by atoms with Crippen LogP contribution >= 0.6 is 19.8 Å². The fourth-order valence-electron chi connectivity index (χ4n) is 2.52. The maximum absolute atomic E-state index is 11.8. The number of allylic oxidation sites excluding steroid dienone is 5. The van der Waals surface area contributed by atoms with Gasteiger partial charge in [-0.2, -0.15) is 0 Å². The molecule has 0 saturated heterocycles. The molecule has 2 heteroatoms. The molecule has 0 heterocycles. The second kappa shape index (κ2) is 10.1. The summed E-state index contributed by atoms with van der Waals surface area (Å²) in [5.74, 6) is -0.0670. The Morgan fingerprint density at radius 1 is 1.00 bits per heavy atom. The quantitative estimate of drug-likeness (QED) is 0.137. The van der Waals surface area contributed by atoms with Gasteiger partial charge < -0.3 is 0 Å². The van der Waals surface area contributed by atoms with E-state index in [-0.39, 0.29) is 5.78 Å². The van der Waals surface area contributed by atoms with Crippen molar-refractivity contribution >= 4 is 31.2 Å². The Labute approximate surface area is 164 Å². The first-order chi connectivity index (χ1) is 12.5. The second-order valence-corrected chi connectivity index (χ2v) is 11.4. The molecule has 0 unspecified atom stereocenters. The van der Waals surface area contributed by atoms with Gasteiger partial charge in [0.25, 0.3) is 0 Å². The van der Waals surface area contributed by atoms with Crippen LogP contribution in [0.15, 0.2) is 98.1 Å². The van der Waals surface area contributed by atoms with Gasteiger partial charge in [0, 0.05) is 0 Å². The number of alkyl halides is 2. The Balaban J connectivity index is 2.07. The van der Waals surface area contributed by atoms with E-state index in [1.54, 1.807) is 6.07 Å². The molecule has 0 bridgehead atoms. The van der Waals surface area contributed by atoms with E-state index in [1.807, 2.05) is 24.3 Å². The summed E-state index contributed by atoms with van der Waals surface area (Å²) >= 11 is -1.17. The first kappa shape index (κ1) is 20.1. The molecule has 0 aromatic heterocycles. The van der Waals surface area contributed by atoms with Crippen LogP contribution in [0.3, 0.4) is 0 Å². The Morgan fingerprint density at radius 3 is 2.35 bits per heavy atom. The molecule has 2 aromatic rings. The number of carbonyl (C=O) groups excluding carboxylic acids is 1. The van der Waals surface area contributed by atoms with Crippen LogP contribution in [-0.4, -0.2) is 15.1 Å². The van der Waals surface area contributed by atoms with Gasteiger partial charge in [-0.25, -0.2) is 0 Å². The molecule has 26 heavy (non-hydrogen) atoms. The Bertz CT molecular complexity index is 830. The number of hydrogen-bond acceptors (Lipinski definition) is 1. The van der Waals surface area contributed by atoms with Crippen molar-refractivity contribution in [2.75, 3.05) is 9.36 Å². The normalized spacial score (nSPS) is 11.6. The molecule has 0 atom stereocenters. The molecule has 1 nitrogen and oxygen atoms in total. The van der Waals surface area contributed by atoms with Crippen molar-refractivity contribution in [3.8, 4) is 0 Å². The predicted molar refractivity (Wildman–Crippen MR) is 123 cm³/mol. The number of carbonyl (C=O) groups is 1. The predicted octanol–water partition coefficient (Wildman–Crippen LogP) is 6.58. The second-order valence-electron chi connectivity index (χ2n) is 5.95. The van der Waals surface area contributed by atoms with E-state index in [0.717, 1.165) is 22.0 Å². The van der Waals surface area contributed by atoms with Gasteiger partial charge in [0.2, 0.25) is 0 Å². The molecule has 134 valence electrons. The van der Waals surface area contributed by atoms with Gasteiger partial charge in [0.05, 0.1) is 0 Å². The van der Waals surface area contributed by atoms with Crippen molar-refractivity contribution in [1.82, 2.24) is 0 Å². The third kappa shape index (κ3) is 5.67. The standard InChI is InChI=1S/C24H25IO/c1-5-20(15-16-25(4)23-13-8-7-9-14-23)17-19(3)21-11-10-12-22(18-21)24(26)6-2/h5-15,18H,1-3,16-17H2,4H3/b20-15+. The molecule has 2 rings (SSSR count). The van der Waals surface area contributed by atoms with E-state index in [9.17, 15) is 4.79 Å². The first-order valence-corrected chi connectivity index (χ1v) is 13.2. The van der Waals surface area contributed by atoms with Crippen molar-refractivity contribution in [1.29, 1.82) is 0 Å². The SMILES string of the molecule is C=CC(=O)c1cccc(C(=C)C/C(C=C)=C/CI(C)c2ccccc2)c1. The summed E-state index contributed by atoms with van der Waals surface area (Å²) in [5.41, 5.74) is 3.82. The average Bonchev–Trinajstić information content (AvgIpc) is 2.70. The molecule has 0 aliphatic heterocycles. The van der Waals surface area contributed by atoms with Crippen LogP contribution in [0, 0.1) is 3.57 Å². The third-order valence-electron chi connectivity index (χ3n) is 4.10. The molecule has 2 aromatic carbocycles. The fraction of sp³-hybridized carbons (Fsp3) is 0.125. The molecule has 0 amide bonds. The summed E-state index contributed by atoms with van der Waals surface area (Å²) in [7, 11) is 0. The van der Waals surface area contributed by atoms with Crippen molar-refractivity contribution in [3.63, 3.8) is 0 Å². The van der Waals surface area contributed by atoms with E-state index in [4.69, 9.17) is 0 Å². The maximum atomic E-state index is 11.8. The van der Waals surface area contributed by atoms with Gasteiger partial charge in [-0.3, -0.25) is 0 Å². The number of ketones is 1. The summed E-state index contributed by atoms with van der Waals surface area (Å²) in [6.45, 7) is 11.7. The summed E-state index contributed by atoms with van der Waals surface area (Å²) in [6, 6.07) is 18.3. The molecule has 0 aliphatic carbocycles. The van der Waals surface area contributed by atoms with Crippen LogP contribution < -0.4 is 0 Å². The fourth-order valence-corrected chi connectivity index (χ4v) is 5.90. The van der Waals surface area contributed by atoms with Crippen LogP contribution in [0.2, 0.25) is 0 Å². The molecule has 0 fully saturated rings. The molecule has 0 aliphatic rings. The first-order valence-electron chi connectivity index (χ1n) is 8.42. The minimum atomic E-state index is -1.17. The molecule has 0 radical (unpaired) electrons. The monoisotopic (exact) mass is 456 g/mol. The van der Waals surface area contributed by atoms with Gasteiger partial charge in [0.1, 0.15) is 0 Å². The molecule has 0 spiro atoms. The van der Waals surface area contributed by atoms with E-state index in [1.165, 1.54) is 15.2 Å². The van der Waals surface area contributed by atoms with Gasteiger partial charge in [-0.05, 0) is 0 Å². The van der Waals surface area contributed by atoms with Crippen LogP contribution in [0.1, 0.15) is 22.3 Å². The van der Waals surface area contributed by atoms with Gasteiger partial charge in [-0.15, -0.1) is 0 Å². The van der Waals surface area contributed by atoms with Crippen molar-refractivity contribution in [2.24, 2.45) is 0 Å². The van der Waals surface area contributed by atoms with E-state index < -0.39 is 19.8 Å². The van der Waals surface area contributed by atoms with Gasteiger partial charge in [-0.1, -0.05) is 0 Å². The Morgan fingerprint density at radius 2 is 1.69 bits per heavy atom. The Kier molecular flexibility index (Phi) is 7.79. The van der Waals surface area contributed by atoms with Gasteiger partial charge in [0.15, 0.2) is 0 Å². The summed E-state index contributed by atoms with van der Waals surface area (Å²) in [5, 5.41) is 0. The summed E-state index contributed by atoms with van der Waals surface area (Å²) in [6.07, 6.45) is 6.30. The topological polar surface area (TPSA) is 17.1 Å². The van der Waals surface area contributed by atoms with E-state index in [0.29, 0.717) is 5.56 Å². The van der Waals surface area contributed by atoms with Crippen LogP contribution in [0.4, 0.5) is 0 Å². The Hall–Kier alpha value is -2.20. The molecule has 0 saturated carbocycles. The molecule has 0 N–H and O–H groups in total. The van der Waals surface area contributed by atoms with E-state index in [2.05, 4.69) is 61.1 Å². The van der Waals surface area contributed by atoms with Crippen LogP contribution in [-0.2, 0) is 0 Å². The zero-order valence-electron chi connectivity index (χ0n) is 15.2. The third-order valence-corrected chi connectivity index (χ3v) is 8.70. The zero-order chi connectivity index (χ0) is 18.9. The molecular formula is C24H25IO. The number of hydrogen-bond donors (Lipinski definition) is 0. The summed E-state index contributed by atoms with van der Waals surface area (Å²) in [4.78, 5) is 14.2. The zero-order valence-corrected chi connectivity index (χ0v) is 17.4. The molecular weight excluding hydrogens is 431 g/mol. The van der Waals surface area contributed by atoms with Crippen molar-refractivity contribution < 1.29 is 4.79 Å². The summed E-state index contributed by atoms with van der Waals surface area (Å²) < 4.78 is 2.60.